The lowest BCUT2D eigenvalue weighted by Gasteiger charge is -2.02. The third-order valence-corrected chi connectivity index (χ3v) is 3.34. The molecule has 3 rings (SSSR count). The number of aromatic hydroxyl groups is 1. The maximum atomic E-state index is 12.7. The van der Waals surface area contributed by atoms with E-state index in [4.69, 9.17) is 9.52 Å². The van der Waals surface area contributed by atoms with Crippen LogP contribution in [-0.4, -0.2) is 22.0 Å². The molecule has 0 spiro atoms. The number of para-hydroxylation sites is 1. The highest BCUT2D eigenvalue weighted by molar-refractivity contribution is 6.17. The van der Waals surface area contributed by atoms with Gasteiger partial charge in [-0.25, -0.2) is 0 Å². The van der Waals surface area contributed by atoms with Crippen LogP contribution in [0.3, 0.4) is 0 Å². The van der Waals surface area contributed by atoms with Gasteiger partial charge in [0.05, 0.1) is 5.56 Å². The van der Waals surface area contributed by atoms with Crippen LogP contribution in [0.5, 0.6) is 5.75 Å². The number of aliphatic carboxylic acids is 1. The highest BCUT2D eigenvalue weighted by Crippen LogP contribution is 2.29. The molecule has 110 valence electrons. The summed E-state index contributed by atoms with van der Waals surface area (Å²) in [6.07, 6.45) is -0.367. The van der Waals surface area contributed by atoms with Gasteiger partial charge in [-0.2, -0.15) is 0 Å². The number of carbonyl (C=O) groups excluding carboxylic acids is 1. The normalized spacial score (nSPS) is 10.7. The molecule has 0 unspecified atom stereocenters. The van der Waals surface area contributed by atoms with E-state index in [1.54, 1.807) is 24.3 Å². The van der Waals surface area contributed by atoms with Crippen molar-refractivity contribution in [3.63, 3.8) is 0 Å². The third kappa shape index (κ3) is 2.44. The van der Waals surface area contributed by atoms with E-state index in [0.717, 1.165) is 0 Å². The number of carbonyl (C=O) groups is 2. The van der Waals surface area contributed by atoms with Crippen molar-refractivity contribution in [3.05, 3.63) is 65.4 Å². The Labute approximate surface area is 125 Å². The molecule has 0 fully saturated rings. The van der Waals surface area contributed by atoms with Crippen LogP contribution in [0.25, 0.3) is 11.0 Å². The summed E-state index contributed by atoms with van der Waals surface area (Å²) >= 11 is 0. The Balaban J connectivity index is 2.17. The van der Waals surface area contributed by atoms with Crippen molar-refractivity contribution in [1.29, 1.82) is 0 Å². The molecule has 0 bridgehead atoms. The van der Waals surface area contributed by atoms with Crippen LogP contribution in [0.15, 0.2) is 52.9 Å². The van der Waals surface area contributed by atoms with Crippen molar-refractivity contribution >= 4 is 22.7 Å². The van der Waals surface area contributed by atoms with Crippen LogP contribution >= 0.6 is 0 Å². The first-order chi connectivity index (χ1) is 10.6. The Kier molecular flexibility index (Phi) is 3.39. The average molecular weight is 296 g/mol. The maximum absolute atomic E-state index is 12.7. The van der Waals surface area contributed by atoms with E-state index in [9.17, 15) is 14.7 Å². The Morgan fingerprint density at radius 3 is 2.36 bits per heavy atom. The Bertz CT molecular complexity index is 858. The zero-order chi connectivity index (χ0) is 15.7. The van der Waals surface area contributed by atoms with E-state index < -0.39 is 5.97 Å². The second-order valence-corrected chi connectivity index (χ2v) is 4.84. The van der Waals surface area contributed by atoms with Crippen molar-refractivity contribution in [2.75, 3.05) is 0 Å². The molecule has 22 heavy (non-hydrogen) atoms. The number of rotatable bonds is 4. The van der Waals surface area contributed by atoms with Gasteiger partial charge in [-0.15, -0.1) is 0 Å². The number of phenols is 1. The number of hydrogen-bond acceptors (Lipinski definition) is 4. The molecule has 0 saturated carbocycles. The van der Waals surface area contributed by atoms with Crippen LogP contribution in [0.1, 0.15) is 21.7 Å². The predicted octanol–water partition coefficient (Wildman–Crippen LogP) is 3.00. The second kappa shape index (κ2) is 5.37. The predicted molar refractivity (Wildman–Crippen MR) is 79.1 cm³/mol. The molecule has 3 aromatic rings. The van der Waals surface area contributed by atoms with Gasteiger partial charge in [0.15, 0.2) is 5.78 Å². The zero-order valence-corrected chi connectivity index (χ0v) is 11.4. The molecule has 0 amide bonds. The van der Waals surface area contributed by atoms with E-state index in [0.29, 0.717) is 16.5 Å². The first-order valence-electron chi connectivity index (χ1n) is 6.62. The number of ketones is 1. The number of carboxylic acid groups (broad SMARTS) is 1. The summed E-state index contributed by atoms with van der Waals surface area (Å²) in [5.41, 5.74) is 1.08. The number of benzene rings is 2. The molecule has 0 aliphatic carbocycles. The zero-order valence-electron chi connectivity index (χ0n) is 11.4. The van der Waals surface area contributed by atoms with Crippen LogP contribution in [0, 0.1) is 0 Å². The summed E-state index contributed by atoms with van der Waals surface area (Å²) in [6, 6.07) is 12.7. The fourth-order valence-corrected chi connectivity index (χ4v) is 2.36. The summed E-state index contributed by atoms with van der Waals surface area (Å²) in [5.74, 6) is -1.22. The van der Waals surface area contributed by atoms with E-state index in [1.807, 2.05) is 0 Å². The molecular formula is C17H12O5. The monoisotopic (exact) mass is 296 g/mol. The van der Waals surface area contributed by atoms with E-state index in [2.05, 4.69) is 0 Å². The molecule has 0 aliphatic heterocycles. The first kappa shape index (κ1) is 13.9. The van der Waals surface area contributed by atoms with Gasteiger partial charge in [-0.1, -0.05) is 18.2 Å². The standard InChI is InChI=1S/C17H12O5/c18-11-7-5-10(6-8-11)17(21)16-12-3-1-2-4-13(12)22-14(16)9-15(19)20/h1-8,18H,9H2,(H,19,20). The Hall–Kier alpha value is -3.08. The molecule has 0 aliphatic rings. The Morgan fingerprint density at radius 2 is 1.68 bits per heavy atom. The lowest BCUT2D eigenvalue weighted by Crippen LogP contribution is -2.07. The quantitative estimate of drug-likeness (QED) is 0.723. The maximum Gasteiger partial charge on any atom is 0.311 e. The summed E-state index contributed by atoms with van der Waals surface area (Å²) in [5, 5.41) is 18.9. The Morgan fingerprint density at radius 1 is 1.00 bits per heavy atom. The van der Waals surface area contributed by atoms with E-state index in [1.165, 1.54) is 24.3 Å². The van der Waals surface area contributed by atoms with Crippen LogP contribution in [-0.2, 0) is 11.2 Å². The van der Waals surface area contributed by atoms with E-state index >= 15 is 0 Å². The fourth-order valence-electron chi connectivity index (χ4n) is 2.36. The van der Waals surface area contributed by atoms with Gasteiger partial charge >= 0.3 is 5.97 Å². The molecule has 1 aromatic heterocycles. The molecule has 5 nitrogen and oxygen atoms in total. The molecule has 1 heterocycles. The fraction of sp³-hybridized carbons (Fsp3) is 0.0588. The van der Waals surface area contributed by atoms with Crippen LogP contribution < -0.4 is 0 Å². The largest absolute Gasteiger partial charge is 0.508 e. The molecular weight excluding hydrogens is 284 g/mol. The molecule has 5 heteroatoms. The minimum Gasteiger partial charge on any atom is -0.508 e. The van der Waals surface area contributed by atoms with Crippen LogP contribution in [0.4, 0.5) is 0 Å². The van der Waals surface area contributed by atoms with Gasteiger partial charge in [0.1, 0.15) is 23.5 Å². The molecule has 2 N–H and O–H groups in total. The van der Waals surface area contributed by atoms with Gasteiger partial charge in [-0.05, 0) is 30.3 Å². The van der Waals surface area contributed by atoms with Gasteiger partial charge < -0.3 is 14.6 Å². The van der Waals surface area contributed by atoms with Crippen molar-refractivity contribution < 1.29 is 24.2 Å². The number of phenolic OH excluding ortho intramolecular Hbond substituents is 1. The molecule has 0 radical (unpaired) electrons. The highest BCUT2D eigenvalue weighted by atomic mass is 16.4. The molecule has 0 atom stereocenters. The highest BCUT2D eigenvalue weighted by Gasteiger charge is 2.23. The lowest BCUT2D eigenvalue weighted by atomic mass is 9.99. The van der Waals surface area contributed by atoms with Crippen LogP contribution in [0.2, 0.25) is 0 Å². The minimum absolute atomic E-state index is 0.0550. The summed E-state index contributed by atoms with van der Waals surface area (Å²) < 4.78 is 5.53. The topological polar surface area (TPSA) is 87.7 Å². The van der Waals surface area contributed by atoms with Crippen molar-refractivity contribution in [3.8, 4) is 5.75 Å². The third-order valence-electron chi connectivity index (χ3n) is 3.34. The summed E-state index contributed by atoms with van der Waals surface area (Å²) in [6.45, 7) is 0. The number of furan rings is 1. The van der Waals surface area contributed by atoms with Gasteiger partial charge in [0.2, 0.25) is 0 Å². The average Bonchev–Trinajstić information content (AvgIpc) is 2.84. The number of carboxylic acids is 1. The SMILES string of the molecule is O=C(O)Cc1oc2ccccc2c1C(=O)c1ccc(O)cc1. The minimum atomic E-state index is -1.07. The van der Waals surface area contributed by atoms with Crippen molar-refractivity contribution in [1.82, 2.24) is 0 Å². The molecule has 2 aromatic carbocycles. The summed E-state index contributed by atoms with van der Waals surface area (Å²) in [4.78, 5) is 23.7. The molecule has 0 saturated heterocycles. The smallest absolute Gasteiger partial charge is 0.311 e. The number of fused-ring (bicyclic) bond motifs is 1. The van der Waals surface area contributed by atoms with Crippen molar-refractivity contribution in [2.45, 2.75) is 6.42 Å². The van der Waals surface area contributed by atoms with Gasteiger partial charge in [-0.3, -0.25) is 9.59 Å². The number of hydrogen-bond donors (Lipinski definition) is 2. The van der Waals surface area contributed by atoms with E-state index in [-0.39, 0.29) is 29.3 Å². The first-order valence-corrected chi connectivity index (χ1v) is 6.62. The van der Waals surface area contributed by atoms with Gasteiger partial charge in [0.25, 0.3) is 0 Å². The summed E-state index contributed by atoms with van der Waals surface area (Å²) in [7, 11) is 0. The lowest BCUT2D eigenvalue weighted by molar-refractivity contribution is -0.136. The van der Waals surface area contributed by atoms with Crippen molar-refractivity contribution in [2.24, 2.45) is 0 Å². The second-order valence-electron chi connectivity index (χ2n) is 4.84. The van der Waals surface area contributed by atoms with Gasteiger partial charge in [0, 0.05) is 10.9 Å².